The first-order valence-electron chi connectivity index (χ1n) is 6.11. The van der Waals surface area contributed by atoms with E-state index in [0.717, 1.165) is 4.90 Å². The fourth-order valence-electron chi connectivity index (χ4n) is 1.99. The van der Waals surface area contributed by atoms with E-state index in [1.54, 1.807) is 17.8 Å². The number of carbonyl (C=O) groups excluding carboxylic acids is 1. The molecule has 0 unspecified atom stereocenters. The van der Waals surface area contributed by atoms with Gasteiger partial charge in [-0.15, -0.1) is 11.8 Å². The number of halogens is 1. The predicted molar refractivity (Wildman–Crippen MR) is 79.1 cm³/mol. The Labute approximate surface area is 122 Å². The minimum atomic E-state index is -0.326. The van der Waals surface area contributed by atoms with E-state index in [1.165, 1.54) is 0 Å². The summed E-state index contributed by atoms with van der Waals surface area (Å²) in [5, 5.41) is 6.66. The molecule has 1 aromatic carbocycles. The highest BCUT2D eigenvalue weighted by Gasteiger charge is 2.28. The van der Waals surface area contributed by atoms with E-state index < -0.39 is 0 Å². The minimum Gasteiger partial charge on any atom is -0.375 e. The number of ether oxygens (including phenoxy) is 1. The van der Waals surface area contributed by atoms with Crippen LogP contribution in [0.15, 0.2) is 23.1 Å². The molecule has 1 aliphatic rings. The van der Waals surface area contributed by atoms with Gasteiger partial charge >= 0.3 is 0 Å². The Balaban J connectivity index is 2.04. The summed E-state index contributed by atoms with van der Waals surface area (Å²) in [5.74, 6) is -0.0971. The van der Waals surface area contributed by atoms with Crippen LogP contribution in [0.1, 0.15) is 6.92 Å². The first-order valence-corrected chi connectivity index (χ1v) is 7.71. The van der Waals surface area contributed by atoms with Crippen LogP contribution in [0.4, 0.5) is 5.69 Å². The quantitative estimate of drug-likeness (QED) is 0.842. The lowest BCUT2D eigenvalue weighted by atomic mass is 10.1. The number of benzene rings is 1. The number of carbonyl (C=O) groups is 1. The summed E-state index contributed by atoms with van der Waals surface area (Å²) < 4.78 is 5.46. The largest absolute Gasteiger partial charge is 0.375 e. The Morgan fingerprint density at radius 1 is 1.58 bits per heavy atom. The highest BCUT2D eigenvalue weighted by molar-refractivity contribution is 7.98. The maximum atomic E-state index is 12.1. The maximum Gasteiger partial charge on any atom is 0.244 e. The summed E-state index contributed by atoms with van der Waals surface area (Å²) in [6, 6.07) is 5.19. The molecule has 1 aromatic rings. The van der Waals surface area contributed by atoms with Gasteiger partial charge in [0.15, 0.2) is 0 Å². The Hall–Kier alpha value is -0.750. The zero-order valence-electron chi connectivity index (χ0n) is 10.9. The third-order valence-corrected chi connectivity index (χ3v) is 4.24. The van der Waals surface area contributed by atoms with Gasteiger partial charge in [-0.05, 0) is 31.4 Å². The molecular formula is C13H17ClN2O2S. The molecule has 2 rings (SSSR count). The molecule has 6 heteroatoms. The van der Waals surface area contributed by atoms with E-state index in [0.29, 0.717) is 23.9 Å². The number of hydrogen-bond donors (Lipinski definition) is 2. The van der Waals surface area contributed by atoms with Crippen molar-refractivity contribution in [1.29, 1.82) is 0 Å². The van der Waals surface area contributed by atoms with Crippen molar-refractivity contribution in [2.75, 3.05) is 24.7 Å². The van der Waals surface area contributed by atoms with E-state index in [-0.39, 0.29) is 18.1 Å². The SMILES string of the molecule is CSc1ccc(NC(=O)[C@H]2NCCO[C@@H]2C)cc1Cl. The maximum absolute atomic E-state index is 12.1. The van der Waals surface area contributed by atoms with Crippen LogP contribution in [0.5, 0.6) is 0 Å². The minimum absolute atomic E-state index is 0.0971. The fraction of sp³-hybridized carbons (Fsp3) is 0.462. The molecule has 0 aromatic heterocycles. The fourth-order valence-corrected chi connectivity index (χ4v) is 2.86. The monoisotopic (exact) mass is 300 g/mol. The normalized spacial score (nSPS) is 23.1. The lowest BCUT2D eigenvalue weighted by molar-refractivity contribution is -0.123. The molecule has 0 saturated carbocycles. The Kier molecular flexibility index (Phi) is 5.10. The van der Waals surface area contributed by atoms with E-state index in [2.05, 4.69) is 10.6 Å². The van der Waals surface area contributed by atoms with Gasteiger partial charge in [0, 0.05) is 17.1 Å². The van der Waals surface area contributed by atoms with E-state index in [4.69, 9.17) is 16.3 Å². The average Bonchev–Trinajstić information content (AvgIpc) is 2.39. The molecule has 4 nitrogen and oxygen atoms in total. The zero-order valence-corrected chi connectivity index (χ0v) is 12.5. The van der Waals surface area contributed by atoms with Crippen molar-refractivity contribution in [1.82, 2.24) is 5.32 Å². The van der Waals surface area contributed by atoms with Crippen LogP contribution < -0.4 is 10.6 Å². The molecule has 2 atom stereocenters. The number of nitrogens with one attached hydrogen (secondary N) is 2. The summed E-state index contributed by atoms with van der Waals surface area (Å²) in [7, 11) is 0. The number of rotatable bonds is 3. The molecule has 1 saturated heterocycles. The Morgan fingerprint density at radius 3 is 3.00 bits per heavy atom. The summed E-state index contributed by atoms with van der Waals surface area (Å²) in [5.41, 5.74) is 0.701. The summed E-state index contributed by atoms with van der Waals surface area (Å²) in [6.45, 7) is 3.22. The molecular weight excluding hydrogens is 284 g/mol. The van der Waals surface area contributed by atoms with Crippen LogP contribution in [-0.2, 0) is 9.53 Å². The average molecular weight is 301 g/mol. The van der Waals surface area contributed by atoms with E-state index in [1.807, 2.05) is 25.3 Å². The Bertz CT molecular complexity index is 470. The van der Waals surface area contributed by atoms with Gasteiger partial charge in [0.2, 0.25) is 5.91 Å². The molecule has 0 spiro atoms. The standard InChI is InChI=1S/C13H17ClN2O2S/c1-8-12(15-5-6-18-8)13(17)16-9-3-4-11(19-2)10(14)7-9/h3-4,7-8,12,15H,5-6H2,1-2H3,(H,16,17)/t8-,12+/m1/s1. The third kappa shape index (κ3) is 3.63. The lowest BCUT2D eigenvalue weighted by Crippen LogP contribution is -2.53. The van der Waals surface area contributed by atoms with Gasteiger partial charge in [0.05, 0.1) is 17.7 Å². The number of amides is 1. The van der Waals surface area contributed by atoms with Gasteiger partial charge in [0.25, 0.3) is 0 Å². The second-order valence-corrected chi connectivity index (χ2v) is 5.60. The van der Waals surface area contributed by atoms with Crippen molar-refractivity contribution in [3.8, 4) is 0 Å². The van der Waals surface area contributed by atoms with Gasteiger partial charge in [-0.25, -0.2) is 0 Å². The molecule has 104 valence electrons. The van der Waals surface area contributed by atoms with Crippen molar-refractivity contribution < 1.29 is 9.53 Å². The molecule has 19 heavy (non-hydrogen) atoms. The van der Waals surface area contributed by atoms with Crippen molar-refractivity contribution >= 4 is 35.0 Å². The van der Waals surface area contributed by atoms with Crippen LogP contribution in [0.25, 0.3) is 0 Å². The van der Waals surface area contributed by atoms with Gasteiger partial charge in [-0.1, -0.05) is 11.6 Å². The first-order chi connectivity index (χ1) is 9.11. The van der Waals surface area contributed by atoms with Crippen LogP contribution >= 0.6 is 23.4 Å². The number of thioether (sulfide) groups is 1. The number of morpholine rings is 1. The Morgan fingerprint density at radius 2 is 2.37 bits per heavy atom. The van der Waals surface area contributed by atoms with Gasteiger partial charge in [0.1, 0.15) is 6.04 Å². The third-order valence-electron chi connectivity index (χ3n) is 3.02. The van der Waals surface area contributed by atoms with E-state index in [9.17, 15) is 4.79 Å². The molecule has 0 bridgehead atoms. The smallest absolute Gasteiger partial charge is 0.244 e. The van der Waals surface area contributed by atoms with Crippen molar-refractivity contribution in [2.24, 2.45) is 0 Å². The predicted octanol–water partition coefficient (Wildman–Crippen LogP) is 2.38. The highest BCUT2D eigenvalue weighted by atomic mass is 35.5. The van der Waals surface area contributed by atoms with Crippen molar-refractivity contribution in [3.63, 3.8) is 0 Å². The van der Waals surface area contributed by atoms with Crippen molar-refractivity contribution in [2.45, 2.75) is 24.0 Å². The molecule has 2 N–H and O–H groups in total. The van der Waals surface area contributed by atoms with Crippen molar-refractivity contribution in [3.05, 3.63) is 23.2 Å². The topological polar surface area (TPSA) is 50.4 Å². The van der Waals surface area contributed by atoms with Gasteiger partial charge < -0.3 is 15.4 Å². The molecule has 1 fully saturated rings. The zero-order chi connectivity index (χ0) is 13.8. The summed E-state index contributed by atoms with van der Waals surface area (Å²) >= 11 is 7.69. The second-order valence-electron chi connectivity index (χ2n) is 4.35. The summed E-state index contributed by atoms with van der Waals surface area (Å²) in [6.07, 6.45) is 1.83. The molecule has 1 aliphatic heterocycles. The van der Waals surface area contributed by atoms with Crippen LogP contribution in [0.3, 0.4) is 0 Å². The van der Waals surface area contributed by atoms with Gasteiger partial charge in [-0.3, -0.25) is 4.79 Å². The van der Waals surface area contributed by atoms with E-state index >= 15 is 0 Å². The second kappa shape index (κ2) is 6.61. The lowest BCUT2D eigenvalue weighted by Gasteiger charge is -2.29. The molecule has 0 radical (unpaired) electrons. The van der Waals surface area contributed by atoms with Gasteiger partial charge in [-0.2, -0.15) is 0 Å². The number of anilines is 1. The summed E-state index contributed by atoms with van der Waals surface area (Å²) in [4.78, 5) is 13.1. The first kappa shape index (κ1) is 14.7. The van der Waals surface area contributed by atoms with Crippen LogP contribution in [0.2, 0.25) is 5.02 Å². The molecule has 1 amide bonds. The highest BCUT2D eigenvalue weighted by Crippen LogP contribution is 2.28. The van der Waals surface area contributed by atoms with Crippen LogP contribution in [0, 0.1) is 0 Å². The molecule has 1 heterocycles. The number of hydrogen-bond acceptors (Lipinski definition) is 4. The molecule has 0 aliphatic carbocycles. The van der Waals surface area contributed by atoms with Crippen LogP contribution in [-0.4, -0.2) is 37.5 Å².